The first kappa shape index (κ1) is 69.3. The van der Waals surface area contributed by atoms with Gasteiger partial charge in [0.25, 0.3) is 35.4 Å². The van der Waals surface area contributed by atoms with E-state index in [0.717, 1.165) is 19.1 Å². The van der Waals surface area contributed by atoms with E-state index in [0.29, 0.717) is 74.9 Å². The number of hydrogen-bond acceptors (Lipinski definition) is 18. The molecule has 6 aromatic rings. The lowest BCUT2D eigenvalue weighted by molar-refractivity contribution is -0.115. The standard InChI is InChI=1S/3C21H22N2O6S.3C3H8/c3*1-12-10-14(8-9-18(12)29-3)17(11-30(4,27)28)23-20(25)15-6-5-7-16(22-13(2)24)19(15)21(23)26;3*1-3-2/h3*5-10,17H,11H2,1-4H3,(H,22,24);3*3H2,1-2H3/t3*17-;;;/m111.../s1/i11D2,17D;17D;11D2;2*1D;. The minimum Gasteiger partial charge on any atom is -0.496 e. The summed E-state index contributed by atoms with van der Waals surface area (Å²) in [6, 6.07) is 18.6. The second-order valence-corrected chi connectivity index (χ2v) is 28.1. The molecule has 0 fully saturated rings. The van der Waals surface area contributed by atoms with Crippen molar-refractivity contribution < 1.29 is 93.6 Å². The van der Waals surface area contributed by atoms with Crippen LogP contribution in [0.3, 0.4) is 0 Å². The van der Waals surface area contributed by atoms with Crippen LogP contribution < -0.4 is 30.2 Å². The van der Waals surface area contributed by atoms with Gasteiger partial charge in [0, 0.05) is 47.8 Å². The van der Waals surface area contributed by atoms with Gasteiger partial charge in [-0.15, -0.1) is 0 Å². The van der Waals surface area contributed by atoms with E-state index in [1.165, 1.54) is 152 Å². The summed E-state index contributed by atoms with van der Waals surface area (Å²) in [5.41, 5.74) is -5.26. The number of amides is 9. The molecule has 9 amide bonds. The molecular weight excluding hydrogens is 1330 g/mol. The zero-order valence-corrected chi connectivity index (χ0v) is 60.6. The number of imide groups is 3. The van der Waals surface area contributed by atoms with Crippen molar-refractivity contribution in [3.63, 3.8) is 0 Å². The van der Waals surface area contributed by atoms with Crippen LogP contribution in [0, 0.1) is 20.8 Å². The van der Waals surface area contributed by atoms with Crippen molar-refractivity contribution in [2.75, 3.05) is 73.2 Å². The van der Waals surface area contributed by atoms with Crippen LogP contribution in [0.5, 0.6) is 17.2 Å². The second-order valence-electron chi connectivity index (χ2n) is 22.4. The Labute approximate surface area is 592 Å². The van der Waals surface area contributed by atoms with E-state index >= 15 is 0 Å². The lowest BCUT2D eigenvalue weighted by Crippen LogP contribution is -2.37. The molecule has 0 saturated heterocycles. The quantitative estimate of drug-likeness (QED) is 0.0673. The number of ether oxygens (including phenoxy) is 3. The van der Waals surface area contributed by atoms with Crippen LogP contribution in [0.2, 0.25) is 0 Å². The van der Waals surface area contributed by atoms with Crippen LogP contribution >= 0.6 is 0 Å². The molecule has 0 radical (unpaired) electrons. The highest BCUT2D eigenvalue weighted by Gasteiger charge is 2.46. The van der Waals surface area contributed by atoms with Crippen molar-refractivity contribution in [2.24, 2.45) is 0 Å². The Balaban J connectivity index is 0.000000316. The molecule has 0 bridgehead atoms. The molecular formula is C72H90N6O18S3. The van der Waals surface area contributed by atoms with Crippen LogP contribution in [0.15, 0.2) is 109 Å². The number of nitrogens with zero attached hydrogens (tertiary/aromatic N) is 3. The van der Waals surface area contributed by atoms with Crippen LogP contribution in [0.25, 0.3) is 0 Å². The molecule has 3 aliphatic heterocycles. The summed E-state index contributed by atoms with van der Waals surface area (Å²) in [5, 5.41) is 7.42. The lowest BCUT2D eigenvalue weighted by atomic mass is 10.0. The molecule has 0 saturated carbocycles. The maximum absolute atomic E-state index is 13.5. The average molecular weight is 1430 g/mol. The summed E-state index contributed by atoms with van der Waals surface area (Å²) in [5.74, 6) is -6.42. The van der Waals surface area contributed by atoms with Gasteiger partial charge in [0.1, 0.15) is 46.8 Å². The first-order valence-electron chi connectivity index (χ1n) is 35.0. The Hall–Kier alpha value is -9.60. The summed E-state index contributed by atoms with van der Waals surface area (Å²) >= 11 is 0. The number of hydrogen-bond donors (Lipinski definition) is 3. The number of nitrogens with one attached hydrogen (secondary N) is 3. The van der Waals surface area contributed by atoms with Crippen molar-refractivity contribution in [3.8, 4) is 17.2 Å². The molecule has 6 aromatic carbocycles. The maximum atomic E-state index is 13.5. The van der Waals surface area contributed by atoms with Crippen LogP contribution in [-0.4, -0.2) is 150 Å². The van der Waals surface area contributed by atoms with Crippen molar-refractivity contribution in [1.82, 2.24) is 14.7 Å². The fraction of sp³-hybridized carbons (Fsp3) is 0.375. The highest BCUT2D eigenvalue weighted by Crippen LogP contribution is 2.41. The molecule has 99 heavy (non-hydrogen) atoms. The molecule has 0 aliphatic carbocycles. The molecule has 9 rings (SSSR count). The van der Waals surface area contributed by atoms with Crippen molar-refractivity contribution in [1.29, 1.82) is 0 Å². The third-order valence-electron chi connectivity index (χ3n) is 13.6. The number of aryl methyl sites for hydroxylation is 3. The molecule has 0 unspecified atom stereocenters. The van der Waals surface area contributed by atoms with Gasteiger partial charge in [-0.3, -0.25) is 57.9 Å². The molecule has 24 nitrogen and oxygen atoms in total. The van der Waals surface area contributed by atoms with Crippen molar-refractivity contribution >= 4 is 99.7 Å². The zero-order valence-electron chi connectivity index (χ0n) is 66.1. The van der Waals surface area contributed by atoms with E-state index in [1.807, 2.05) is 13.8 Å². The van der Waals surface area contributed by atoms with Crippen molar-refractivity contribution in [3.05, 3.63) is 176 Å². The molecule has 3 N–H and O–H groups in total. The number of anilines is 3. The van der Waals surface area contributed by atoms with Gasteiger partial charge in [-0.25, -0.2) is 25.3 Å². The van der Waals surface area contributed by atoms with E-state index in [9.17, 15) is 68.4 Å². The molecule has 534 valence electrons. The van der Waals surface area contributed by atoms with Gasteiger partial charge in [-0.2, -0.15) is 0 Å². The van der Waals surface area contributed by atoms with Gasteiger partial charge >= 0.3 is 0 Å². The highest BCUT2D eigenvalue weighted by atomic mass is 32.2. The van der Waals surface area contributed by atoms with E-state index in [4.69, 9.17) is 25.2 Å². The van der Waals surface area contributed by atoms with Gasteiger partial charge in [-0.1, -0.05) is 115 Å². The zero-order chi connectivity index (χ0) is 81.6. The summed E-state index contributed by atoms with van der Waals surface area (Å²) in [6.07, 6.45) is 5.46. The fourth-order valence-corrected chi connectivity index (χ4v) is 12.0. The van der Waals surface area contributed by atoms with Gasteiger partial charge in [0.2, 0.25) is 17.7 Å². The second kappa shape index (κ2) is 35.8. The SMILES string of the molecule is CCC.[2H]C([2H])([C@H](c1ccc(OC)c(C)c1)N1C(=O)c2cccc(NC(C)=O)c2C1=O)S(C)(=O)=O.[2H]C([2H])([C@]([2H])(c1ccc(OC)c(C)c1)N1C(=O)c2cccc(NC(C)=O)c2C1=O)S(C)(=O)=O.[2H]CCC.[2H]CCC.[2H][C@@](CS(C)(=O)=O)(c1ccc(OC)c(C)c1)N1C(=O)c2cccc(NC(C)=O)c2C1=O. The normalized spacial score (nSPS) is 15.8. The van der Waals surface area contributed by atoms with E-state index in [2.05, 4.69) is 29.8 Å². The third kappa shape index (κ3) is 21.2. The molecule has 3 heterocycles. The minimum absolute atomic E-state index is 0.00553. The number of benzene rings is 6. The monoisotopic (exact) mass is 1430 g/mol. The third-order valence-corrected chi connectivity index (χ3v) is 15.6. The molecule has 27 heteroatoms. The Bertz CT molecular complexity index is 4770. The number of rotatable bonds is 18. The number of methoxy groups -OCH3 is 3. The van der Waals surface area contributed by atoms with Crippen LogP contribution in [0.4, 0.5) is 17.1 Å². The Morgan fingerprint density at radius 3 is 1.03 bits per heavy atom. The smallest absolute Gasteiger partial charge is 0.264 e. The largest absolute Gasteiger partial charge is 0.496 e. The highest BCUT2D eigenvalue weighted by molar-refractivity contribution is 7.91. The summed E-state index contributed by atoms with van der Waals surface area (Å²) in [7, 11) is -8.50. The van der Waals surface area contributed by atoms with Gasteiger partial charge in [0.15, 0.2) is 0 Å². The minimum atomic E-state index is -4.64. The summed E-state index contributed by atoms with van der Waals surface area (Å²) < 4.78 is 155. The lowest BCUT2D eigenvalue weighted by Gasteiger charge is -2.26. The number of carbonyl (C=O) groups excluding carboxylic acids is 9. The van der Waals surface area contributed by atoms with Crippen LogP contribution in [-0.2, 0) is 43.9 Å². The first-order valence-corrected chi connectivity index (χ1v) is 36.4. The molecule has 3 atom stereocenters. The van der Waals surface area contributed by atoms with Gasteiger partial charge in [-0.05, 0) is 109 Å². The van der Waals surface area contributed by atoms with E-state index in [-0.39, 0.29) is 67.1 Å². The van der Waals surface area contributed by atoms with Gasteiger partial charge < -0.3 is 30.2 Å². The summed E-state index contributed by atoms with van der Waals surface area (Å²) in [6.45, 7) is 18.1. The van der Waals surface area contributed by atoms with E-state index < -0.39 is 118 Å². The Kier molecular flexibility index (Phi) is 25.0. The topological polar surface area (TPSA) is 330 Å². The van der Waals surface area contributed by atoms with Crippen molar-refractivity contribution in [2.45, 2.75) is 120 Å². The summed E-state index contributed by atoms with van der Waals surface area (Å²) in [4.78, 5) is 116. The van der Waals surface area contributed by atoms with Crippen LogP contribution in [0.1, 0.15) is 206 Å². The maximum Gasteiger partial charge on any atom is 0.264 e. The van der Waals surface area contributed by atoms with E-state index in [1.54, 1.807) is 26.8 Å². The predicted octanol–water partition coefficient (Wildman–Crippen LogP) is 11.3. The number of carbonyl (C=O) groups is 9. The molecule has 0 spiro atoms. The molecule has 0 aromatic heterocycles. The fourth-order valence-electron chi connectivity index (χ4n) is 10.0. The number of fused-ring (bicyclic) bond motifs is 3. The van der Waals surface area contributed by atoms with Gasteiger partial charge in [0.05, 0.1) is 110 Å². The predicted molar refractivity (Wildman–Crippen MR) is 382 cm³/mol. The average Bonchev–Trinajstić information content (AvgIpc) is 1.64. The first-order chi connectivity index (χ1) is 49.6. The number of sulfone groups is 3. The Morgan fingerprint density at radius 1 is 0.444 bits per heavy atom. The molecule has 3 aliphatic rings. The Morgan fingerprint density at radius 2 is 0.737 bits per heavy atom.